The number of hydrogen-bond donors (Lipinski definition) is 3. The number of amides is 4. The predicted octanol–water partition coefficient (Wildman–Crippen LogP) is -0.509. The molecule has 0 aliphatic carbocycles. The molecule has 18 heavy (non-hydrogen) atoms. The second kappa shape index (κ2) is 4.84. The monoisotopic (exact) mass is 248 g/mol. The standard InChI is InChI=1S/C11H12N4O3/c12-11(18)14-13-8-6-9(16)15(10(8)17)7-4-2-1-3-5-7/h1-5,8,13H,6H2,(H3,12,14,18). The Balaban J connectivity index is 2.12. The van der Waals surface area contributed by atoms with E-state index in [1.165, 1.54) is 0 Å². The summed E-state index contributed by atoms with van der Waals surface area (Å²) in [7, 11) is 0. The smallest absolute Gasteiger partial charge is 0.326 e. The average Bonchev–Trinajstić information content (AvgIpc) is 2.63. The van der Waals surface area contributed by atoms with Crippen molar-refractivity contribution in [3.05, 3.63) is 30.3 Å². The number of nitrogens with two attached hydrogens (primary N) is 1. The summed E-state index contributed by atoms with van der Waals surface area (Å²) in [4.78, 5) is 35.4. The number of nitrogens with one attached hydrogen (secondary N) is 2. The van der Waals surface area contributed by atoms with E-state index in [1.807, 2.05) is 0 Å². The van der Waals surface area contributed by atoms with Gasteiger partial charge in [0.25, 0.3) is 5.91 Å². The highest BCUT2D eigenvalue weighted by Crippen LogP contribution is 2.21. The average molecular weight is 248 g/mol. The Morgan fingerprint density at radius 2 is 1.94 bits per heavy atom. The normalized spacial score (nSPS) is 19.1. The highest BCUT2D eigenvalue weighted by molar-refractivity contribution is 6.22. The lowest BCUT2D eigenvalue weighted by atomic mass is 10.2. The molecule has 4 amide bonds. The van der Waals surface area contributed by atoms with Crippen LogP contribution in [0.1, 0.15) is 6.42 Å². The van der Waals surface area contributed by atoms with E-state index < -0.39 is 18.0 Å². The van der Waals surface area contributed by atoms with Crippen molar-refractivity contribution in [1.82, 2.24) is 10.9 Å². The Morgan fingerprint density at radius 3 is 2.56 bits per heavy atom. The van der Waals surface area contributed by atoms with Crippen LogP contribution in [0.15, 0.2) is 30.3 Å². The molecule has 0 bridgehead atoms. The Kier molecular flexibility index (Phi) is 3.24. The first-order valence-electron chi connectivity index (χ1n) is 5.32. The molecule has 4 N–H and O–H groups in total. The third kappa shape index (κ3) is 2.30. The van der Waals surface area contributed by atoms with Crippen LogP contribution in [-0.4, -0.2) is 23.9 Å². The maximum absolute atomic E-state index is 12.0. The molecule has 1 fully saturated rings. The first-order chi connectivity index (χ1) is 8.59. The van der Waals surface area contributed by atoms with Crippen molar-refractivity contribution in [3.63, 3.8) is 0 Å². The van der Waals surface area contributed by atoms with Gasteiger partial charge in [-0.3, -0.25) is 15.0 Å². The number of para-hydroxylation sites is 1. The topological polar surface area (TPSA) is 105 Å². The van der Waals surface area contributed by atoms with Crippen LogP contribution in [-0.2, 0) is 9.59 Å². The number of primary amides is 1. The van der Waals surface area contributed by atoms with Gasteiger partial charge < -0.3 is 5.73 Å². The minimum absolute atomic E-state index is 0.0198. The molecule has 1 aliphatic heterocycles. The molecular formula is C11H12N4O3. The molecule has 2 rings (SSSR count). The summed E-state index contributed by atoms with van der Waals surface area (Å²) in [6.45, 7) is 0. The summed E-state index contributed by atoms with van der Waals surface area (Å²) < 4.78 is 0. The van der Waals surface area contributed by atoms with Gasteiger partial charge in [-0.05, 0) is 12.1 Å². The molecule has 0 spiro atoms. The molecule has 1 aromatic rings. The Labute approximate surface area is 103 Å². The van der Waals surface area contributed by atoms with Gasteiger partial charge in [-0.15, -0.1) is 0 Å². The first-order valence-corrected chi connectivity index (χ1v) is 5.32. The van der Waals surface area contributed by atoms with Crippen molar-refractivity contribution in [3.8, 4) is 0 Å². The molecule has 1 aliphatic rings. The van der Waals surface area contributed by atoms with Crippen LogP contribution in [0.4, 0.5) is 10.5 Å². The quantitative estimate of drug-likeness (QED) is 0.495. The van der Waals surface area contributed by atoms with Crippen molar-refractivity contribution in [2.45, 2.75) is 12.5 Å². The van der Waals surface area contributed by atoms with E-state index in [1.54, 1.807) is 30.3 Å². The Bertz CT molecular complexity index is 488. The lowest BCUT2D eigenvalue weighted by molar-refractivity contribution is -0.121. The van der Waals surface area contributed by atoms with Crippen LogP contribution >= 0.6 is 0 Å². The number of carbonyl (C=O) groups excluding carboxylic acids is 3. The second-order valence-corrected chi connectivity index (χ2v) is 3.79. The maximum atomic E-state index is 12.0. The summed E-state index contributed by atoms with van der Waals surface area (Å²) in [5.74, 6) is -0.741. The third-order valence-electron chi connectivity index (χ3n) is 2.53. The van der Waals surface area contributed by atoms with E-state index in [-0.39, 0.29) is 12.3 Å². The van der Waals surface area contributed by atoms with Gasteiger partial charge in [0.2, 0.25) is 5.91 Å². The number of anilines is 1. The van der Waals surface area contributed by atoms with Gasteiger partial charge in [0.15, 0.2) is 0 Å². The van der Waals surface area contributed by atoms with Gasteiger partial charge in [0, 0.05) is 0 Å². The molecule has 7 nitrogen and oxygen atoms in total. The summed E-state index contributed by atoms with van der Waals surface area (Å²) >= 11 is 0. The first kappa shape index (κ1) is 12.1. The molecule has 0 saturated carbocycles. The molecule has 1 atom stereocenters. The number of hydrogen-bond acceptors (Lipinski definition) is 4. The molecule has 1 aromatic carbocycles. The molecule has 94 valence electrons. The van der Waals surface area contributed by atoms with Crippen LogP contribution in [0.5, 0.6) is 0 Å². The van der Waals surface area contributed by atoms with Crippen LogP contribution in [0.2, 0.25) is 0 Å². The largest absolute Gasteiger partial charge is 0.351 e. The summed E-state index contributed by atoms with van der Waals surface area (Å²) in [6, 6.07) is 6.99. The summed E-state index contributed by atoms with van der Waals surface area (Å²) in [6.07, 6.45) is -0.0198. The number of nitrogens with zero attached hydrogens (tertiary/aromatic N) is 1. The van der Waals surface area contributed by atoms with Gasteiger partial charge in [-0.2, -0.15) is 0 Å². The number of urea groups is 1. The number of carbonyl (C=O) groups is 3. The van der Waals surface area contributed by atoms with Crippen molar-refractivity contribution < 1.29 is 14.4 Å². The zero-order valence-corrected chi connectivity index (χ0v) is 9.42. The van der Waals surface area contributed by atoms with Crippen LogP contribution in [0, 0.1) is 0 Å². The highest BCUT2D eigenvalue weighted by atomic mass is 16.2. The fraction of sp³-hybridized carbons (Fsp3) is 0.182. The van der Waals surface area contributed by atoms with E-state index >= 15 is 0 Å². The van der Waals surface area contributed by atoms with Gasteiger partial charge in [-0.25, -0.2) is 15.1 Å². The molecule has 1 heterocycles. The minimum Gasteiger partial charge on any atom is -0.351 e. The zero-order chi connectivity index (χ0) is 13.1. The van der Waals surface area contributed by atoms with E-state index in [4.69, 9.17) is 5.73 Å². The molecule has 0 aromatic heterocycles. The number of rotatable bonds is 3. The van der Waals surface area contributed by atoms with Crippen molar-refractivity contribution in [2.24, 2.45) is 5.73 Å². The SMILES string of the molecule is NC(=O)NNC1CC(=O)N(c2ccccc2)C1=O. The molecular weight excluding hydrogens is 236 g/mol. The van der Waals surface area contributed by atoms with Gasteiger partial charge in [0.05, 0.1) is 12.1 Å². The molecule has 7 heteroatoms. The van der Waals surface area contributed by atoms with E-state index in [0.29, 0.717) is 5.69 Å². The van der Waals surface area contributed by atoms with Gasteiger partial charge >= 0.3 is 6.03 Å². The summed E-state index contributed by atoms with van der Waals surface area (Å²) in [5.41, 5.74) is 9.91. The minimum atomic E-state index is -0.812. The van der Waals surface area contributed by atoms with E-state index in [2.05, 4.69) is 10.9 Å². The van der Waals surface area contributed by atoms with Crippen LogP contribution in [0.3, 0.4) is 0 Å². The molecule has 1 saturated heterocycles. The number of benzene rings is 1. The van der Waals surface area contributed by atoms with Crippen molar-refractivity contribution in [1.29, 1.82) is 0 Å². The number of imide groups is 1. The number of hydrazine groups is 1. The van der Waals surface area contributed by atoms with E-state index in [0.717, 1.165) is 4.90 Å². The van der Waals surface area contributed by atoms with Crippen molar-refractivity contribution >= 4 is 23.5 Å². The van der Waals surface area contributed by atoms with E-state index in [9.17, 15) is 14.4 Å². The van der Waals surface area contributed by atoms with Gasteiger partial charge in [-0.1, -0.05) is 18.2 Å². The second-order valence-electron chi connectivity index (χ2n) is 3.79. The fourth-order valence-electron chi connectivity index (χ4n) is 1.75. The highest BCUT2D eigenvalue weighted by Gasteiger charge is 2.39. The summed E-state index contributed by atoms with van der Waals surface area (Å²) in [5, 5.41) is 0. The molecule has 1 unspecified atom stereocenters. The van der Waals surface area contributed by atoms with Gasteiger partial charge in [0.1, 0.15) is 6.04 Å². The lowest BCUT2D eigenvalue weighted by Gasteiger charge is -2.15. The zero-order valence-electron chi connectivity index (χ0n) is 9.42. The van der Waals surface area contributed by atoms with Crippen LogP contribution in [0.25, 0.3) is 0 Å². The van der Waals surface area contributed by atoms with Crippen LogP contribution < -0.4 is 21.5 Å². The fourth-order valence-corrected chi connectivity index (χ4v) is 1.75. The molecule has 0 radical (unpaired) electrons. The van der Waals surface area contributed by atoms with Crippen molar-refractivity contribution in [2.75, 3.05) is 4.90 Å². The Hall–Kier alpha value is -2.41. The third-order valence-corrected chi connectivity index (χ3v) is 2.53. The lowest BCUT2D eigenvalue weighted by Crippen LogP contribution is -2.50. The maximum Gasteiger partial charge on any atom is 0.326 e. The predicted molar refractivity (Wildman–Crippen MR) is 63.2 cm³/mol. The Morgan fingerprint density at radius 1 is 1.28 bits per heavy atom.